The van der Waals surface area contributed by atoms with Crippen LogP contribution in [0.2, 0.25) is 0 Å². The average molecular weight is 431 g/mol. The Labute approximate surface area is 184 Å². The van der Waals surface area contributed by atoms with Gasteiger partial charge in [-0.15, -0.1) is 10.2 Å². The van der Waals surface area contributed by atoms with Crippen molar-refractivity contribution in [3.63, 3.8) is 0 Å². The van der Waals surface area contributed by atoms with Crippen LogP contribution in [0, 0.1) is 0 Å². The lowest BCUT2D eigenvalue weighted by molar-refractivity contribution is 0.102. The fraction of sp³-hybridized carbons (Fsp3) is 0.261. The van der Waals surface area contributed by atoms with E-state index in [1.165, 1.54) is 25.7 Å². The third-order valence-corrected chi connectivity index (χ3v) is 6.07. The first-order valence-electron chi connectivity index (χ1n) is 10.5. The van der Waals surface area contributed by atoms with Crippen LogP contribution < -0.4 is 10.2 Å². The highest BCUT2D eigenvalue weighted by atomic mass is 32.1. The van der Waals surface area contributed by atoms with Crippen molar-refractivity contribution in [3.05, 3.63) is 60.2 Å². The van der Waals surface area contributed by atoms with Gasteiger partial charge in [0.15, 0.2) is 5.82 Å². The minimum absolute atomic E-state index is 0.186. The highest BCUT2D eigenvalue weighted by molar-refractivity contribution is 7.00. The molecule has 0 spiro atoms. The van der Waals surface area contributed by atoms with Crippen LogP contribution in [0.15, 0.2) is 54.6 Å². The van der Waals surface area contributed by atoms with E-state index in [9.17, 15) is 4.79 Å². The molecule has 1 amide bonds. The Morgan fingerprint density at radius 2 is 1.71 bits per heavy atom. The molecule has 1 fully saturated rings. The predicted molar refractivity (Wildman–Crippen MR) is 124 cm³/mol. The van der Waals surface area contributed by atoms with Gasteiger partial charge in [0.25, 0.3) is 5.91 Å². The van der Waals surface area contributed by atoms with Crippen LogP contribution in [0.5, 0.6) is 0 Å². The van der Waals surface area contributed by atoms with Gasteiger partial charge in [-0.05, 0) is 55.3 Å². The summed E-state index contributed by atoms with van der Waals surface area (Å²) in [5.74, 6) is 0.747. The number of nitrogens with zero attached hydrogens (tertiary/aromatic N) is 5. The van der Waals surface area contributed by atoms with Crippen LogP contribution in [-0.2, 0) is 0 Å². The van der Waals surface area contributed by atoms with E-state index in [0.29, 0.717) is 11.3 Å². The van der Waals surface area contributed by atoms with E-state index in [0.717, 1.165) is 52.9 Å². The molecule has 0 atom stereocenters. The van der Waals surface area contributed by atoms with Crippen LogP contribution in [0.3, 0.4) is 0 Å². The third kappa shape index (κ3) is 4.39. The maximum atomic E-state index is 12.7. The van der Waals surface area contributed by atoms with Gasteiger partial charge < -0.3 is 10.2 Å². The molecule has 4 aromatic rings. The van der Waals surface area contributed by atoms with Gasteiger partial charge in [0.2, 0.25) is 0 Å². The number of carbonyl (C=O) groups excluding carboxylic acids is 1. The summed E-state index contributed by atoms with van der Waals surface area (Å²) in [7, 11) is 0. The van der Waals surface area contributed by atoms with Crippen molar-refractivity contribution in [2.24, 2.45) is 0 Å². The van der Waals surface area contributed by atoms with Gasteiger partial charge in [-0.3, -0.25) is 4.79 Å². The molecular formula is C23H22N6OS. The molecule has 31 heavy (non-hydrogen) atoms. The molecule has 3 heterocycles. The van der Waals surface area contributed by atoms with Gasteiger partial charge in [-0.25, -0.2) is 0 Å². The highest BCUT2D eigenvalue weighted by Gasteiger charge is 2.13. The van der Waals surface area contributed by atoms with E-state index < -0.39 is 0 Å². The molecule has 0 unspecified atom stereocenters. The Bertz CT molecular complexity index is 1200. The van der Waals surface area contributed by atoms with E-state index in [1.807, 2.05) is 42.5 Å². The third-order valence-electron chi connectivity index (χ3n) is 5.51. The first kappa shape index (κ1) is 19.6. The largest absolute Gasteiger partial charge is 0.355 e. The number of aromatic nitrogens is 4. The monoisotopic (exact) mass is 430 g/mol. The number of anilines is 2. The summed E-state index contributed by atoms with van der Waals surface area (Å²) in [5, 5.41) is 11.9. The molecule has 8 heteroatoms. The maximum Gasteiger partial charge on any atom is 0.255 e. The molecule has 0 aliphatic carbocycles. The first-order valence-corrected chi connectivity index (χ1v) is 11.2. The summed E-state index contributed by atoms with van der Waals surface area (Å²) in [6, 6.07) is 17.0. The van der Waals surface area contributed by atoms with Crippen LogP contribution in [0.4, 0.5) is 11.5 Å². The first-order chi connectivity index (χ1) is 15.3. The van der Waals surface area contributed by atoms with E-state index >= 15 is 0 Å². The minimum atomic E-state index is -0.186. The number of fused-ring (bicyclic) bond motifs is 1. The molecule has 0 bridgehead atoms. The van der Waals surface area contributed by atoms with E-state index in [2.05, 4.69) is 29.2 Å². The fourth-order valence-corrected chi connectivity index (χ4v) is 4.35. The summed E-state index contributed by atoms with van der Waals surface area (Å²) >= 11 is 1.14. The molecule has 7 nitrogen and oxygen atoms in total. The van der Waals surface area contributed by atoms with Crippen LogP contribution in [0.1, 0.15) is 36.0 Å². The van der Waals surface area contributed by atoms with Crippen LogP contribution >= 0.6 is 11.7 Å². The minimum Gasteiger partial charge on any atom is -0.355 e. The summed E-state index contributed by atoms with van der Waals surface area (Å²) < 4.78 is 8.37. The number of hydrogen-bond acceptors (Lipinski definition) is 7. The quantitative estimate of drug-likeness (QED) is 0.502. The normalized spacial score (nSPS) is 14.4. The number of hydrogen-bond donors (Lipinski definition) is 1. The lowest BCUT2D eigenvalue weighted by atomic mass is 10.1. The average Bonchev–Trinajstić information content (AvgIpc) is 3.11. The zero-order chi connectivity index (χ0) is 21.0. The number of nitrogens with one attached hydrogen (secondary N) is 1. The zero-order valence-electron chi connectivity index (χ0n) is 17.0. The van der Waals surface area contributed by atoms with Crippen LogP contribution in [-0.4, -0.2) is 37.9 Å². The Hall–Kier alpha value is -3.39. The van der Waals surface area contributed by atoms with Crippen molar-refractivity contribution in [1.82, 2.24) is 18.9 Å². The summed E-state index contributed by atoms with van der Waals surface area (Å²) in [6.45, 7) is 2.08. The van der Waals surface area contributed by atoms with E-state index in [4.69, 9.17) is 0 Å². The van der Waals surface area contributed by atoms with Gasteiger partial charge in [0.1, 0.15) is 11.0 Å². The standard InChI is InChI=1S/C23H22N6OS/c30-23(17-8-9-20-21(15-17)28-31-27-20)24-18-7-5-6-16(14-18)19-10-11-22(26-25-19)29-12-3-1-2-4-13-29/h5-11,14-15H,1-4,12-13H2,(H,24,30). The van der Waals surface area contributed by atoms with Crippen LogP contribution in [0.25, 0.3) is 22.3 Å². The molecule has 1 saturated heterocycles. The lowest BCUT2D eigenvalue weighted by Gasteiger charge is -2.20. The SMILES string of the molecule is O=C(Nc1cccc(-c2ccc(N3CCCCCC3)nn2)c1)c1ccc2nsnc2c1. The van der Waals surface area contributed by atoms with Crippen molar-refractivity contribution in [2.45, 2.75) is 25.7 Å². The molecule has 1 N–H and O–H groups in total. The number of rotatable bonds is 4. The Kier molecular flexibility index (Phi) is 5.54. The summed E-state index contributed by atoms with van der Waals surface area (Å²) in [6.07, 6.45) is 4.98. The van der Waals surface area contributed by atoms with E-state index in [-0.39, 0.29) is 5.91 Å². The molecule has 2 aromatic carbocycles. The number of carbonyl (C=O) groups is 1. The second kappa shape index (κ2) is 8.77. The Morgan fingerprint density at radius 1 is 0.871 bits per heavy atom. The van der Waals surface area contributed by atoms with Crippen molar-refractivity contribution >= 4 is 40.2 Å². The molecule has 1 aliphatic heterocycles. The topological polar surface area (TPSA) is 83.9 Å². The lowest BCUT2D eigenvalue weighted by Crippen LogP contribution is -2.25. The molecule has 0 radical (unpaired) electrons. The molecular weight excluding hydrogens is 408 g/mol. The maximum absolute atomic E-state index is 12.7. The summed E-state index contributed by atoms with van der Waals surface area (Å²) in [5.41, 5.74) is 4.47. The second-order valence-electron chi connectivity index (χ2n) is 7.68. The highest BCUT2D eigenvalue weighted by Crippen LogP contribution is 2.24. The predicted octanol–water partition coefficient (Wildman–Crippen LogP) is 4.78. The van der Waals surface area contributed by atoms with Gasteiger partial charge in [0, 0.05) is 29.9 Å². The van der Waals surface area contributed by atoms with Gasteiger partial charge in [0.05, 0.1) is 17.4 Å². The molecule has 0 saturated carbocycles. The number of amides is 1. The van der Waals surface area contributed by atoms with Crippen molar-refractivity contribution in [3.8, 4) is 11.3 Å². The molecule has 5 rings (SSSR count). The van der Waals surface area contributed by atoms with Crippen molar-refractivity contribution in [1.29, 1.82) is 0 Å². The van der Waals surface area contributed by atoms with Gasteiger partial charge in [-0.1, -0.05) is 25.0 Å². The fourth-order valence-electron chi connectivity index (χ4n) is 3.83. The van der Waals surface area contributed by atoms with Crippen molar-refractivity contribution in [2.75, 3.05) is 23.3 Å². The molecule has 2 aromatic heterocycles. The Morgan fingerprint density at radius 3 is 2.52 bits per heavy atom. The Balaban J connectivity index is 1.31. The number of benzene rings is 2. The van der Waals surface area contributed by atoms with Gasteiger partial charge in [-0.2, -0.15) is 8.75 Å². The molecule has 1 aliphatic rings. The van der Waals surface area contributed by atoms with Crippen molar-refractivity contribution < 1.29 is 4.79 Å². The zero-order valence-corrected chi connectivity index (χ0v) is 17.8. The smallest absolute Gasteiger partial charge is 0.255 e. The summed E-state index contributed by atoms with van der Waals surface area (Å²) in [4.78, 5) is 15.0. The second-order valence-corrected chi connectivity index (χ2v) is 8.21. The van der Waals surface area contributed by atoms with E-state index in [1.54, 1.807) is 12.1 Å². The van der Waals surface area contributed by atoms with Gasteiger partial charge >= 0.3 is 0 Å². The molecule has 156 valence electrons.